The second-order valence-corrected chi connectivity index (χ2v) is 10.9. The third-order valence-electron chi connectivity index (χ3n) is 7.67. The average molecular weight is 544 g/mol. The Morgan fingerprint density at radius 1 is 1.21 bits per heavy atom. The summed E-state index contributed by atoms with van der Waals surface area (Å²) in [6.45, 7) is 4.02. The summed E-state index contributed by atoms with van der Waals surface area (Å²) in [6.07, 6.45) is -0.540. The number of phenols is 1. The van der Waals surface area contributed by atoms with Gasteiger partial charge in [0.25, 0.3) is 5.91 Å². The van der Waals surface area contributed by atoms with Crippen LogP contribution in [-0.4, -0.2) is 81.2 Å². The van der Waals surface area contributed by atoms with Crippen LogP contribution in [0, 0.1) is 17.8 Å². The third-order valence-corrected chi connectivity index (χ3v) is 7.67. The number of nitrogens with two attached hydrogens (primary N) is 1. The standard InChI is InChI=1S/C27H33N3O9/c1-11(2)10-39-26(37)29-9-12-5-6-16(31)18-14(12)7-13-8-15-20(30(3)4)22(33)19(25(28)36)24(35)27(15,38)23(34)17(13)21(18)32/h5-6,11,13,15,20,31,33-34,38H,7-10H2,1-4H3,(H2,28,36)(H,29,37)/t13-,15?,20-,27-/m0/s1. The first-order valence-electron chi connectivity index (χ1n) is 12.6. The monoisotopic (exact) mass is 543 g/mol. The van der Waals surface area contributed by atoms with Gasteiger partial charge in [-0.15, -0.1) is 0 Å². The first-order chi connectivity index (χ1) is 18.2. The molecule has 12 nitrogen and oxygen atoms in total. The maximum Gasteiger partial charge on any atom is 0.407 e. The minimum Gasteiger partial charge on any atom is -0.510 e. The number of aliphatic hydroxyl groups is 3. The summed E-state index contributed by atoms with van der Waals surface area (Å²) in [5, 5.41) is 47.0. The molecule has 0 saturated carbocycles. The molecular weight excluding hydrogens is 510 g/mol. The number of aromatic hydroxyl groups is 1. The molecule has 210 valence electrons. The van der Waals surface area contributed by atoms with Crippen molar-refractivity contribution in [1.29, 1.82) is 0 Å². The third kappa shape index (κ3) is 4.43. The number of ketones is 2. The molecule has 12 heteroatoms. The van der Waals surface area contributed by atoms with Gasteiger partial charge in [0.05, 0.1) is 18.2 Å². The van der Waals surface area contributed by atoms with E-state index in [1.165, 1.54) is 11.0 Å². The molecule has 4 atom stereocenters. The molecule has 1 aromatic carbocycles. The Bertz CT molecular complexity index is 1330. The Morgan fingerprint density at radius 3 is 2.46 bits per heavy atom. The number of fused-ring (bicyclic) bond motifs is 3. The fourth-order valence-electron chi connectivity index (χ4n) is 5.94. The Balaban J connectivity index is 1.78. The Kier molecular flexibility index (Phi) is 7.21. The molecule has 0 bridgehead atoms. The summed E-state index contributed by atoms with van der Waals surface area (Å²) in [4.78, 5) is 52.7. The van der Waals surface area contributed by atoms with E-state index >= 15 is 0 Å². The molecule has 1 aromatic rings. The topological polar surface area (TPSA) is 200 Å². The predicted octanol–water partition coefficient (Wildman–Crippen LogP) is 1.00. The Labute approximate surface area is 224 Å². The number of rotatable bonds is 6. The molecule has 0 spiro atoms. The van der Waals surface area contributed by atoms with E-state index in [0.29, 0.717) is 11.1 Å². The van der Waals surface area contributed by atoms with E-state index in [1.807, 2.05) is 13.8 Å². The Hall–Kier alpha value is -3.90. The molecule has 0 saturated heterocycles. The van der Waals surface area contributed by atoms with Crippen molar-refractivity contribution >= 4 is 23.6 Å². The van der Waals surface area contributed by atoms with Gasteiger partial charge in [0.1, 0.15) is 22.8 Å². The van der Waals surface area contributed by atoms with E-state index < -0.39 is 64.1 Å². The molecule has 7 N–H and O–H groups in total. The lowest BCUT2D eigenvalue weighted by Gasteiger charge is -2.50. The molecule has 1 unspecified atom stereocenters. The number of carbonyl (C=O) groups is 4. The highest BCUT2D eigenvalue weighted by Gasteiger charge is 2.63. The van der Waals surface area contributed by atoms with Crippen molar-refractivity contribution < 1.29 is 44.3 Å². The number of benzene rings is 1. The quantitative estimate of drug-likeness (QED) is 0.281. The van der Waals surface area contributed by atoms with Crippen LogP contribution >= 0.6 is 0 Å². The number of primary amides is 1. The van der Waals surface area contributed by atoms with Crippen LogP contribution in [0.25, 0.3) is 0 Å². The molecule has 39 heavy (non-hydrogen) atoms. The number of likely N-dealkylation sites (N-methyl/N-ethyl adjacent to an activating group) is 1. The first kappa shape index (κ1) is 28.1. The van der Waals surface area contributed by atoms with Crippen LogP contribution in [0.3, 0.4) is 0 Å². The van der Waals surface area contributed by atoms with Crippen molar-refractivity contribution in [3.8, 4) is 5.75 Å². The summed E-state index contributed by atoms with van der Waals surface area (Å²) in [5.74, 6) is -6.97. The molecule has 0 radical (unpaired) electrons. The zero-order chi connectivity index (χ0) is 29.0. The smallest absolute Gasteiger partial charge is 0.407 e. The number of hydrogen-bond acceptors (Lipinski definition) is 10. The summed E-state index contributed by atoms with van der Waals surface area (Å²) >= 11 is 0. The van der Waals surface area contributed by atoms with Gasteiger partial charge in [-0.05, 0) is 56.0 Å². The number of amides is 2. The number of phenolic OH excluding ortho intramolecular Hbond substituents is 1. The zero-order valence-electron chi connectivity index (χ0n) is 22.1. The summed E-state index contributed by atoms with van der Waals surface area (Å²) in [5.41, 5.74) is 2.40. The molecule has 0 aromatic heterocycles. The molecule has 0 aliphatic heterocycles. The number of aliphatic hydroxyl groups excluding tert-OH is 2. The highest BCUT2D eigenvalue weighted by Crippen LogP contribution is 2.52. The second kappa shape index (κ2) is 10.0. The fraction of sp³-hybridized carbons (Fsp3) is 0.481. The SMILES string of the molecule is CC(C)COC(=O)NCc1ccc(O)c2c1C[C@H]1CC3[C@H](N(C)C)C(O)=C(C(N)=O)C(=O)[C@@]3(O)C(O)=C1C2=O. The summed E-state index contributed by atoms with van der Waals surface area (Å²) in [7, 11) is 3.13. The van der Waals surface area contributed by atoms with Gasteiger partial charge in [0.15, 0.2) is 11.4 Å². The van der Waals surface area contributed by atoms with Crippen molar-refractivity contribution in [3.05, 3.63) is 51.5 Å². The van der Waals surface area contributed by atoms with Gasteiger partial charge in [-0.1, -0.05) is 19.9 Å². The Morgan fingerprint density at radius 2 is 1.87 bits per heavy atom. The number of nitrogens with zero attached hydrogens (tertiary/aromatic N) is 1. The van der Waals surface area contributed by atoms with Gasteiger partial charge in [-0.25, -0.2) is 4.79 Å². The number of alkyl carbamates (subject to hydrolysis) is 1. The van der Waals surface area contributed by atoms with Crippen LogP contribution in [0.4, 0.5) is 4.79 Å². The minimum atomic E-state index is -2.69. The lowest BCUT2D eigenvalue weighted by atomic mass is 9.58. The van der Waals surface area contributed by atoms with Gasteiger partial charge in [0, 0.05) is 18.0 Å². The van der Waals surface area contributed by atoms with Crippen molar-refractivity contribution in [2.24, 2.45) is 23.5 Å². The van der Waals surface area contributed by atoms with Crippen molar-refractivity contribution in [2.75, 3.05) is 20.7 Å². The average Bonchev–Trinajstić information content (AvgIpc) is 2.84. The van der Waals surface area contributed by atoms with Crippen molar-refractivity contribution in [2.45, 2.75) is 44.9 Å². The number of hydrogen-bond donors (Lipinski definition) is 6. The van der Waals surface area contributed by atoms with Crippen LogP contribution in [0.2, 0.25) is 0 Å². The highest BCUT2D eigenvalue weighted by molar-refractivity contribution is 6.24. The van der Waals surface area contributed by atoms with E-state index in [1.54, 1.807) is 20.2 Å². The molecule has 4 rings (SSSR count). The predicted molar refractivity (Wildman–Crippen MR) is 137 cm³/mol. The maximum atomic E-state index is 13.7. The van der Waals surface area contributed by atoms with E-state index in [4.69, 9.17) is 10.5 Å². The summed E-state index contributed by atoms with van der Waals surface area (Å²) in [6, 6.07) is 1.78. The van der Waals surface area contributed by atoms with E-state index in [9.17, 15) is 39.6 Å². The molecular formula is C27H33N3O9. The van der Waals surface area contributed by atoms with E-state index in [-0.39, 0.29) is 48.8 Å². The number of ether oxygens (including phenoxy) is 1. The largest absolute Gasteiger partial charge is 0.510 e. The second-order valence-electron chi connectivity index (χ2n) is 10.9. The van der Waals surface area contributed by atoms with Crippen molar-refractivity contribution in [3.63, 3.8) is 0 Å². The lowest BCUT2D eigenvalue weighted by molar-refractivity contribution is -0.148. The van der Waals surface area contributed by atoms with E-state index in [0.717, 1.165) is 0 Å². The maximum absolute atomic E-state index is 13.7. The lowest BCUT2D eigenvalue weighted by Crippen LogP contribution is -2.63. The number of nitrogens with one attached hydrogen (secondary N) is 1. The van der Waals surface area contributed by atoms with Gasteiger partial charge >= 0.3 is 6.09 Å². The van der Waals surface area contributed by atoms with Crippen LogP contribution in [0.15, 0.2) is 34.8 Å². The minimum absolute atomic E-state index is 0.00223. The van der Waals surface area contributed by atoms with Gasteiger partial charge in [0.2, 0.25) is 5.78 Å². The first-order valence-corrected chi connectivity index (χ1v) is 12.6. The van der Waals surface area contributed by atoms with Crippen LogP contribution < -0.4 is 11.1 Å². The van der Waals surface area contributed by atoms with Gasteiger partial charge in [-0.2, -0.15) is 0 Å². The number of carbonyl (C=O) groups excluding carboxylic acids is 4. The van der Waals surface area contributed by atoms with Crippen LogP contribution in [0.1, 0.15) is 41.8 Å². The molecule has 2 amide bonds. The molecule has 0 heterocycles. The normalized spacial score (nSPS) is 26.4. The summed E-state index contributed by atoms with van der Waals surface area (Å²) < 4.78 is 5.13. The molecule has 0 fully saturated rings. The highest BCUT2D eigenvalue weighted by atomic mass is 16.5. The fourth-order valence-corrected chi connectivity index (χ4v) is 5.94. The van der Waals surface area contributed by atoms with Gasteiger partial charge in [-0.3, -0.25) is 19.3 Å². The van der Waals surface area contributed by atoms with Crippen LogP contribution in [0.5, 0.6) is 5.75 Å². The number of allylic oxidation sites excluding steroid dienone is 1. The van der Waals surface area contributed by atoms with Crippen LogP contribution in [-0.2, 0) is 27.3 Å². The molecule has 3 aliphatic carbocycles. The number of Topliss-reactive ketones (excluding diaryl/α,β-unsaturated/α-hetero) is 2. The molecule has 3 aliphatic rings. The van der Waals surface area contributed by atoms with E-state index in [2.05, 4.69) is 5.32 Å². The van der Waals surface area contributed by atoms with Gasteiger partial charge < -0.3 is 36.2 Å². The zero-order valence-corrected chi connectivity index (χ0v) is 22.1. The van der Waals surface area contributed by atoms with Crippen molar-refractivity contribution in [1.82, 2.24) is 10.2 Å².